The molecule has 0 bridgehead atoms. The lowest BCUT2D eigenvalue weighted by Crippen LogP contribution is -2.15. The van der Waals surface area contributed by atoms with Gasteiger partial charge in [0.05, 0.1) is 24.8 Å². The van der Waals surface area contributed by atoms with Gasteiger partial charge in [-0.2, -0.15) is 0 Å². The van der Waals surface area contributed by atoms with Crippen LogP contribution in [0, 0.1) is 6.92 Å². The molecule has 0 unspecified atom stereocenters. The number of hydrogen-bond acceptors (Lipinski definition) is 8. The molecule has 10 heteroatoms. The quantitative estimate of drug-likeness (QED) is 0.579. The first-order valence-electron chi connectivity index (χ1n) is 9.00. The maximum absolute atomic E-state index is 12.9. The van der Waals surface area contributed by atoms with Crippen LogP contribution in [0.2, 0.25) is 0 Å². The SMILES string of the molecule is COC(=O)c1cc(-c2ccccc2NS(=O)(=O)c2ccc(C)cc2)c(C(=O)OC)nn1. The van der Waals surface area contributed by atoms with Crippen molar-refractivity contribution in [1.29, 1.82) is 0 Å². The Morgan fingerprint density at radius 1 is 0.871 bits per heavy atom. The first-order valence-corrected chi connectivity index (χ1v) is 10.5. The molecule has 0 fully saturated rings. The summed E-state index contributed by atoms with van der Waals surface area (Å²) in [6, 6.07) is 14.0. The van der Waals surface area contributed by atoms with Gasteiger partial charge in [-0.15, -0.1) is 10.2 Å². The van der Waals surface area contributed by atoms with E-state index in [1.54, 1.807) is 30.3 Å². The van der Waals surface area contributed by atoms with Crippen molar-refractivity contribution >= 4 is 27.6 Å². The van der Waals surface area contributed by atoms with Gasteiger partial charge in [-0.1, -0.05) is 35.9 Å². The van der Waals surface area contributed by atoms with Crippen LogP contribution in [-0.2, 0) is 19.5 Å². The van der Waals surface area contributed by atoms with Crippen molar-refractivity contribution in [2.45, 2.75) is 11.8 Å². The molecule has 1 N–H and O–H groups in total. The molecule has 0 radical (unpaired) electrons. The highest BCUT2D eigenvalue weighted by atomic mass is 32.2. The topological polar surface area (TPSA) is 125 Å². The molecule has 0 aliphatic heterocycles. The van der Waals surface area contributed by atoms with Crippen LogP contribution in [0.25, 0.3) is 11.1 Å². The zero-order valence-electron chi connectivity index (χ0n) is 16.9. The van der Waals surface area contributed by atoms with Crippen LogP contribution in [0.4, 0.5) is 5.69 Å². The standard InChI is InChI=1S/C21H19N3O6S/c1-13-8-10-14(11-9-13)31(27,28)24-17-7-5-4-6-15(17)16-12-18(20(25)29-2)22-23-19(16)21(26)30-3/h4-12,24H,1-3H3. The van der Waals surface area contributed by atoms with E-state index in [2.05, 4.69) is 19.7 Å². The van der Waals surface area contributed by atoms with E-state index in [0.717, 1.165) is 5.56 Å². The molecule has 1 aromatic heterocycles. The van der Waals surface area contributed by atoms with Gasteiger partial charge >= 0.3 is 11.9 Å². The van der Waals surface area contributed by atoms with Gasteiger partial charge < -0.3 is 9.47 Å². The van der Waals surface area contributed by atoms with Crippen molar-refractivity contribution < 1.29 is 27.5 Å². The number of nitrogens with one attached hydrogen (secondary N) is 1. The van der Waals surface area contributed by atoms with Gasteiger partial charge in [0.25, 0.3) is 10.0 Å². The molecule has 3 aromatic rings. The smallest absolute Gasteiger partial charge is 0.359 e. The van der Waals surface area contributed by atoms with Crippen LogP contribution in [-0.4, -0.2) is 44.8 Å². The summed E-state index contributed by atoms with van der Waals surface area (Å²) in [7, 11) is -1.57. The van der Waals surface area contributed by atoms with E-state index in [1.165, 1.54) is 38.5 Å². The molecule has 0 aliphatic carbocycles. The molecule has 0 saturated heterocycles. The monoisotopic (exact) mass is 441 g/mol. The molecule has 9 nitrogen and oxygen atoms in total. The number of hydrogen-bond donors (Lipinski definition) is 1. The molecule has 0 amide bonds. The molecule has 3 rings (SSSR count). The lowest BCUT2D eigenvalue weighted by molar-refractivity contribution is 0.0574. The number of methoxy groups -OCH3 is 2. The van der Waals surface area contributed by atoms with E-state index < -0.39 is 22.0 Å². The molecule has 0 atom stereocenters. The highest BCUT2D eigenvalue weighted by Crippen LogP contribution is 2.32. The molecular formula is C21H19N3O6S. The van der Waals surface area contributed by atoms with Gasteiger partial charge in [-0.25, -0.2) is 18.0 Å². The summed E-state index contributed by atoms with van der Waals surface area (Å²) in [5.74, 6) is -1.56. The van der Waals surface area contributed by atoms with Crippen molar-refractivity contribution in [1.82, 2.24) is 10.2 Å². The minimum Gasteiger partial charge on any atom is -0.464 e. The Balaban J connectivity index is 2.14. The first kappa shape index (κ1) is 21.9. The zero-order valence-corrected chi connectivity index (χ0v) is 17.8. The Hall–Kier alpha value is -3.79. The third-order valence-electron chi connectivity index (χ3n) is 4.36. The minimum absolute atomic E-state index is 0.0733. The van der Waals surface area contributed by atoms with Crippen LogP contribution >= 0.6 is 0 Å². The number of aryl methyl sites for hydroxylation is 1. The maximum atomic E-state index is 12.9. The van der Waals surface area contributed by atoms with Gasteiger partial charge in [0.1, 0.15) is 0 Å². The summed E-state index contributed by atoms with van der Waals surface area (Å²) in [4.78, 5) is 24.2. The lowest BCUT2D eigenvalue weighted by Gasteiger charge is -2.15. The molecule has 160 valence electrons. The molecule has 0 saturated carbocycles. The van der Waals surface area contributed by atoms with Crippen LogP contribution in [0.3, 0.4) is 0 Å². The van der Waals surface area contributed by atoms with E-state index in [0.29, 0.717) is 5.56 Å². The second-order valence-electron chi connectivity index (χ2n) is 6.44. The van der Waals surface area contributed by atoms with Gasteiger partial charge in [-0.3, -0.25) is 4.72 Å². The fraction of sp³-hybridized carbons (Fsp3) is 0.143. The van der Waals surface area contributed by atoms with Crippen molar-refractivity contribution in [3.8, 4) is 11.1 Å². The van der Waals surface area contributed by atoms with Gasteiger partial charge in [0.15, 0.2) is 11.4 Å². The number of carbonyl (C=O) groups excluding carboxylic acids is 2. The second kappa shape index (κ2) is 8.92. The van der Waals surface area contributed by atoms with Crippen LogP contribution < -0.4 is 4.72 Å². The number of para-hydroxylation sites is 1. The molecule has 1 heterocycles. The summed E-state index contributed by atoms with van der Waals surface area (Å²) < 4.78 is 37.7. The Morgan fingerprint density at radius 3 is 2.16 bits per heavy atom. The highest BCUT2D eigenvalue weighted by molar-refractivity contribution is 7.92. The maximum Gasteiger partial charge on any atom is 0.359 e. The zero-order chi connectivity index (χ0) is 22.6. The van der Waals surface area contributed by atoms with Gasteiger partial charge in [-0.05, 0) is 31.2 Å². The van der Waals surface area contributed by atoms with Crippen molar-refractivity contribution in [3.63, 3.8) is 0 Å². The predicted octanol–water partition coefficient (Wildman–Crippen LogP) is 2.83. The molecule has 0 aliphatic rings. The fourth-order valence-corrected chi connectivity index (χ4v) is 3.86. The van der Waals surface area contributed by atoms with Crippen LogP contribution in [0.5, 0.6) is 0 Å². The number of sulfonamides is 1. The van der Waals surface area contributed by atoms with Crippen molar-refractivity contribution in [2.24, 2.45) is 0 Å². The normalized spacial score (nSPS) is 10.9. The Labute approximate surface area is 179 Å². The minimum atomic E-state index is -3.92. The third-order valence-corrected chi connectivity index (χ3v) is 5.74. The average Bonchev–Trinajstić information content (AvgIpc) is 2.78. The number of anilines is 1. The number of esters is 2. The molecule has 0 spiro atoms. The van der Waals surface area contributed by atoms with Crippen LogP contribution in [0.15, 0.2) is 59.5 Å². The van der Waals surface area contributed by atoms with Gasteiger partial charge in [0.2, 0.25) is 0 Å². The number of aromatic nitrogens is 2. The van der Waals surface area contributed by atoms with E-state index in [9.17, 15) is 18.0 Å². The van der Waals surface area contributed by atoms with E-state index in [1.807, 2.05) is 6.92 Å². The Morgan fingerprint density at radius 2 is 1.52 bits per heavy atom. The Bertz CT molecular complexity index is 1240. The number of rotatable bonds is 6. The third kappa shape index (κ3) is 4.69. The largest absolute Gasteiger partial charge is 0.464 e. The number of ether oxygens (including phenoxy) is 2. The Kier molecular flexibility index (Phi) is 6.30. The lowest BCUT2D eigenvalue weighted by atomic mass is 10.0. The van der Waals surface area contributed by atoms with E-state index >= 15 is 0 Å². The summed E-state index contributed by atoms with van der Waals surface area (Å²) in [5, 5.41) is 7.50. The molecule has 31 heavy (non-hydrogen) atoms. The summed E-state index contributed by atoms with van der Waals surface area (Å²) in [5.41, 5.74) is 1.22. The number of benzene rings is 2. The summed E-state index contributed by atoms with van der Waals surface area (Å²) in [6.45, 7) is 1.85. The number of carbonyl (C=O) groups is 2. The second-order valence-corrected chi connectivity index (χ2v) is 8.12. The van der Waals surface area contributed by atoms with Crippen LogP contribution in [0.1, 0.15) is 26.5 Å². The predicted molar refractivity (Wildman–Crippen MR) is 112 cm³/mol. The summed E-state index contributed by atoms with van der Waals surface area (Å²) >= 11 is 0. The van der Waals surface area contributed by atoms with E-state index in [-0.39, 0.29) is 27.5 Å². The van der Waals surface area contributed by atoms with Crippen molar-refractivity contribution in [2.75, 3.05) is 18.9 Å². The summed E-state index contributed by atoms with van der Waals surface area (Å²) in [6.07, 6.45) is 0. The molecule has 2 aromatic carbocycles. The van der Waals surface area contributed by atoms with E-state index in [4.69, 9.17) is 4.74 Å². The number of nitrogens with zero attached hydrogens (tertiary/aromatic N) is 2. The fourth-order valence-electron chi connectivity index (χ4n) is 2.78. The highest BCUT2D eigenvalue weighted by Gasteiger charge is 2.23. The van der Waals surface area contributed by atoms with Gasteiger partial charge in [0, 0.05) is 11.1 Å². The molecular weight excluding hydrogens is 422 g/mol. The first-order chi connectivity index (χ1) is 14.8. The average molecular weight is 441 g/mol. The van der Waals surface area contributed by atoms with Crippen molar-refractivity contribution in [3.05, 3.63) is 71.5 Å².